The van der Waals surface area contributed by atoms with Gasteiger partial charge in [-0.15, -0.1) is 0 Å². The second-order valence-corrected chi connectivity index (χ2v) is 10.0. The Kier molecular flexibility index (Phi) is 10.6. The van der Waals surface area contributed by atoms with Crippen molar-refractivity contribution in [2.45, 2.75) is 51.8 Å². The van der Waals surface area contributed by atoms with E-state index < -0.39 is 0 Å². The smallest absolute Gasteiger partial charge is 0.255 e. The maximum Gasteiger partial charge on any atom is 0.255 e. The van der Waals surface area contributed by atoms with Crippen LogP contribution >= 0.6 is 0 Å². The van der Waals surface area contributed by atoms with E-state index in [-0.39, 0.29) is 18.1 Å². The number of benzene rings is 3. The van der Waals surface area contributed by atoms with Crippen molar-refractivity contribution < 1.29 is 19.0 Å². The van der Waals surface area contributed by atoms with Gasteiger partial charge < -0.3 is 19.5 Å². The summed E-state index contributed by atoms with van der Waals surface area (Å²) in [4.78, 5) is 15.4. The summed E-state index contributed by atoms with van der Waals surface area (Å²) < 4.78 is 18.0. The van der Waals surface area contributed by atoms with Crippen molar-refractivity contribution >= 4 is 5.91 Å². The summed E-state index contributed by atoms with van der Waals surface area (Å²) in [5.74, 6) is 1.35. The monoisotopic (exact) mass is 516 g/mol. The van der Waals surface area contributed by atoms with Crippen LogP contribution in [0, 0.1) is 0 Å². The second kappa shape index (κ2) is 14.6. The molecule has 0 aliphatic carbocycles. The van der Waals surface area contributed by atoms with Crippen LogP contribution in [0.3, 0.4) is 0 Å². The van der Waals surface area contributed by atoms with Crippen LogP contribution in [0.5, 0.6) is 11.5 Å². The van der Waals surface area contributed by atoms with Crippen molar-refractivity contribution in [1.82, 2.24) is 10.2 Å². The molecular formula is C32H40N2O4. The highest BCUT2D eigenvalue weighted by atomic mass is 16.5. The molecule has 38 heavy (non-hydrogen) atoms. The van der Waals surface area contributed by atoms with E-state index in [4.69, 9.17) is 14.2 Å². The number of ether oxygens (including phenoxy) is 3. The Morgan fingerprint density at radius 2 is 1.68 bits per heavy atom. The predicted octanol–water partition coefficient (Wildman–Crippen LogP) is 5.51. The fraction of sp³-hybridized carbons (Fsp3) is 0.406. The van der Waals surface area contributed by atoms with Crippen molar-refractivity contribution in [3.63, 3.8) is 0 Å². The van der Waals surface area contributed by atoms with Crippen molar-refractivity contribution in [3.8, 4) is 11.5 Å². The topological polar surface area (TPSA) is 60.0 Å². The van der Waals surface area contributed by atoms with E-state index >= 15 is 0 Å². The molecule has 0 saturated heterocycles. The minimum absolute atomic E-state index is 0.117. The van der Waals surface area contributed by atoms with Gasteiger partial charge in [-0.3, -0.25) is 9.69 Å². The van der Waals surface area contributed by atoms with Gasteiger partial charge in [0.1, 0.15) is 18.1 Å². The van der Waals surface area contributed by atoms with Gasteiger partial charge >= 0.3 is 0 Å². The average molecular weight is 517 g/mol. The third-order valence-electron chi connectivity index (χ3n) is 6.59. The number of hydrogen-bond acceptors (Lipinski definition) is 5. The molecule has 202 valence electrons. The van der Waals surface area contributed by atoms with Crippen LogP contribution in [0.25, 0.3) is 0 Å². The quantitative estimate of drug-likeness (QED) is 0.468. The van der Waals surface area contributed by atoms with Crippen LogP contribution in [-0.2, 0) is 17.7 Å². The molecule has 1 aliphatic rings. The lowest BCUT2D eigenvalue weighted by Gasteiger charge is -2.32. The van der Waals surface area contributed by atoms with Gasteiger partial charge in [-0.2, -0.15) is 0 Å². The van der Waals surface area contributed by atoms with Gasteiger partial charge in [-0.05, 0) is 75.0 Å². The summed E-state index contributed by atoms with van der Waals surface area (Å²) in [6.45, 7) is 7.93. The molecule has 0 bridgehead atoms. The first-order valence-corrected chi connectivity index (χ1v) is 13.7. The van der Waals surface area contributed by atoms with Gasteiger partial charge in [-0.25, -0.2) is 0 Å². The SMILES string of the molecule is CC(C)Oc1ccc(CN2CCCCOCCNC(=O)c3ccccc3OC[C@@H]2Cc2ccccc2)cc1. The van der Waals surface area contributed by atoms with Gasteiger partial charge in [0.05, 0.1) is 18.3 Å². The third kappa shape index (κ3) is 8.61. The predicted molar refractivity (Wildman–Crippen MR) is 151 cm³/mol. The average Bonchev–Trinajstić information content (AvgIpc) is 2.93. The Bertz CT molecular complexity index is 1120. The molecule has 4 rings (SSSR count). The maximum atomic E-state index is 12.8. The van der Waals surface area contributed by atoms with E-state index in [0.29, 0.717) is 37.7 Å². The lowest BCUT2D eigenvalue weighted by Crippen LogP contribution is -2.41. The first kappa shape index (κ1) is 27.7. The molecule has 0 radical (unpaired) electrons. The maximum absolute atomic E-state index is 12.8. The largest absolute Gasteiger partial charge is 0.491 e. The number of nitrogens with zero attached hydrogens (tertiary/aromatic N) is 1. The fourth-order valence-electron chi connectivity index (χ4n) is 4.67. The molecule has 0 unspecified atom stereocenters. The number of carbonyl (C=O) groups excluding carboxylic acids is 1. The lowest BCUT2D eigenvalue weighted by atomic mass is 10.0. The molecular weight excluding hydrogens is 476 g/mol. The number of carbonyl (C=O) groups is 1. The summed E-state index contributed by atoms with van der Waals surface area (Å²) in [6.07, 6.45) is 2.97. The van der Waals surface area contributed by atoms with Crippen molar-refractivity contribution in [2.75, 3.05) is 32.9 Å². The summed E-state index contributed by atoms with van der Waals surface area (Å²) in [5.41, 5.74) is 3.04. The highest BCUT2D eigenvalue weighted by molar-refractivity contribution is 5.96. The van der Waals surface area contributed by atoms with Gasteiger partial charge in [0.25, 0.3) is 5.91 Å². The molecule has 1 atom stereocenters. The molecule has 6 nitrogen and oxygen atoms in total. The van der Waals surface area contributed by atoms with Crippen molar-refractivity contribution in [2.24, 2.45) is 0 Å². The van der Waals surface area contributed by atoms with Crippen molar-refractivity contribution in [3.05, 3.63) is 95.6 Å². The molecule has 0 fully saturated rings. The normalized spacial score (nSPS) is 18.0. The van der Waals surface area contributed by atoms with E-state index in [9.17, 15) is 4.79 Å². The van der Waals surface area contributed by atoms with Crippen LogP contribution in [-0.4, -0.2) is 55.9 Å². The zero-order chi connectivity index (χ0) is 26.6. The Hall–Kier alpha value is -3.35. The molecule has 0 aromatic heterocycles. The van der Waals surface area contributed by atoms with Crippen LogP contribution in [0.15, 0.2) is 78.9 Å². The van der Waals surface area contributed by atoms with Gasteiger partial charge in [-0.1, -0.05) is 54.6 Å². The van der Waals surface area contributed by atoms with Crippen LogP contribution in [0.1, 0.15) is 48.2 Å². The Morgan fingerprint density at radius 1 is 0.921 bits per heavy atom. The number of rotatable bonds is 6. The lowest BCUT2D eigenvalue weighted by molar-refractivity contribution is 0.0908. The highest BCUT2D eigenvalue weighted by Gasteiger charge is 2.22. The van der Waals surface area contributed by atoms with E-state index in [1.165, 1.54) is 11.1 Å². The third-order valence-corrected chi connectivity index (χ3v) is 6.59. The minimum atomic E-state index is -0.140. The van der Waals surface area contributed by atoms with Crippen LogP contribution < -0.4 is 14.8 Å². The molecule has 1 N–H and O–H groups in total. The number of amides is 1. The molecule has 1 heterocycles. The zero-order valence-electron chi connectivity index (χ0n) is 22.6. The summed E-state index contributed by atoms with van der Waals surface area (Å²) in [6, 6.07) is 26.5. The standard InChI is InChI=1S/C32H40N2O4/c1-25(2)38-29-16-14-27(15-17-29)23-34-19-8-9-20-36-21-18-33-32(35)30-12-6-7-13-31(30)37-24-28(34)22-26-10-4-3-5-11-26/h3-7,10-17,25,28H,8-9,18-24H2,1-2H3,(H,33,35)/t28-/m0/s1. The zero-order valence-corrected chi connectivity index (χ0v) is 22.6. The highest BCUT2D eigenvalue weighted by Crippen LogP contribution is 2.22. The summed E-state index contributed by atoms with van der Waals surface area (Å²) in [5, 5.41) is 2.95. The Labute approximate surface area is 226 Å². The second-order valence-electron chi connectivity index (χ2n) is 10.0. The first-order chi connectivity index (χ1) is 18.6. The van der Waals surface area contributed by atoms with Gasteiger partial charge in [0.2, 0.25) is 0 Å². The summed E-state index contributed by atoms with van der Waals surface area (Å²) >= 11 is 0. The van der Waals surface area contributed by atoms with Crippen LogP contribution in [0.2, 0.25) is 0 Å². The molecule has 3 aromatic rings. The summed E-state index contributed by atoms with van der Waals surface area (Å²) in [7, 11) is 0. The number of nitrogens with one attached hydrogen (secondary N) is 1. The number of fused-ring (bicyclic) bond motifs is 1. The molecule has 0 saturated carbocycles. The first-order valence-electron chi connectivity index (χ1n) is 13.7. The molecule has 1 aliphatic heterocycles. The van der Waals surface area contributed by atoms with E-state index in [1.807, 2.05) is 44.2 Å². The van der Waals surface area contributed by atoms with Crippen LogP contribution in [0.4, 0.5) is 0 Å². The molecule has 3 aromatic carbocycles. The Morgan fingerprint density at radius 3 is 2.47 bits per heavy atom. The molecule has 1 amide bonds. The van der Waals surface area contributed by atoms with Crippen molar-refractivity contribution in [1.29, 1.82) is 0 Å². The minimum Gasteiger partial charge on any atom is -0.491 e. The van der Waals surface area contributed by atoms with E-state index in [2.05, 4.69) is 58.7 Å². The van der Waals surface area contributed by atoms with Gasteiger partial charge in [0, 0.05) is 25.7 Å². The molecule has 6 heteroatoms. The van der Waals surface area contributed by atoms with E-state index in [1.54, 1.807) is 0 Å². The molecule has 0 spiro atoms. The Balaban J connectivity index is 1.59. The van der Waals surface area contributed by atoms with E-state index in [0.717, 1.165) is 38.1 Å². The van der Waals surface area contributed by atoms with Gasteiger partial charge in [0.15, 0.2) is 0 Å². The number of hydrogen-bond donors (Lipinski definition) is 1. The fourth-order valence-corrected chi connectivity index (χ4v) is 4.67. The number of para-hydroxylation sites is 1.